The summed E-state index contributed by atoms with van der Waals surface area (Å²) < 4.78 is 17.9. The maximum absolute atomic E-state index is 12.9. The Morgan fingerprint density at radius 3 is 2.30 bits per heavy atom. The summed E-state index contributed by atoms with van der Waals surface area (Å²) in [7, 11) is 1.64. The van der Waals surface area contributed by atoms with E-state index >= 15 is 0 Å². The topological polar surface area (TPSA) is 86.3 Å². The highest BCUT2D eigenvalue weighted by atomic mass is 127. The third kappa shape index (κ3) is 7.19. The van der Waals surface area contributed by atoms with Gasteiger partial charge in [-0.3, -0.25) is 9.79 Å². The molecule has 1 fully saturated rings. The molecule has 0 saturated carbocycles. The van der Waals surface area contributed by atoms with E-state index in [0.29, 0.717) is 44.4 Å². The first-order valence-corrected chi connectivity index (χ1v) is 8.46. The molecule has 1 aromatic carbocycles. The highest BCUT2D eigenvalue weighted by Crippen LogP contribution is 2.08. The van der Waals surface area contributed by atoms with E-state index in [-0.39, 0.29) is 48.3 Å². The first kappa shape index (κ1) is 22.9. The van der Waals surface area contributed by atoms with Crippen molar-refractivity contribution in [1.82, 2.24) is 15.1 Å². The van der Waals surface area contributed by atoms with Crippen LogP contribution in [-0.2, 0) is 9.53 Å². The lowest BCUT2D eigenvalue weighted by atomic mass is 10.3. The van der Waals surface area contributed by atoms with E-state index in [1.807, 2.05) is 4.90 Å². The average molecular weight is 493 g/mol. The van der Waals surface area contributed by atoms with E-state index in [2.05, 4.69) is 15.6 Å². The highest BCUT2D eigenvalue weighted by molar-refractivity contribution is 14.0. The zero-order valence-electron chi connectivity index (χ0n) is 15.4. The van der Waals surface area contributed by atoms with Gasteiger partial charge in [-0.15, -0.1) is 24.0 Å². The number of carbonyl (C=O) groups excluding carboxylic acids is 2. The Hall–Kier alpha value is -2.11. The molecule has 0 aromatic heterocycles. The molecule has 0 aliphatic carbocycles. The van der Waals surface area contributed by atoms with Crippen molar-refractivity contribution in [3.05, 3.63) is 30.1 Å². The van der Waals surface area contributed by atoms with Crippen LogP contribution in [0.3, 0.4) is 0 Å². The quantitative estimate of drug-likeness (QED) is 0.379. The zero-order valence-corrected chi connectivity index (χ0v) is 17.7. The number of halogens is 2. The van der Waals surface area contributed by atoms with Gasteiger partial charge in [-0.2, -0.15) is 0 Å². The summed E-state index contributed by atoms with van der Waals surface area (Å²) in [6.45, 7) is 4.41. The van der Waals surface area contributed by atoms with Gasteiger partial charge >= 0.3 is 6.09 Å². The van der Waals surface area contributed by atoms with Gasteiger partial charge in [0.25, 0.3) is 0 Å². The number of anilines is 1. The molecule has 1 saturated heterocycles. The first-order chi connectivity index (χ1) is 12.5. The molecule has 0 spiro atoms. The molecular weight excluding hydrogens is 468 g/mol. The second-order valence-corrected chi connectivity index (χ2v) is 5.63. The van der Waals surface area contributed by atoms with Gasteiger partial charge in [-0.25, -0.2) is 9.18 Å². The molecule has 2 rings (SSSR count). The van der Waals surface area contributed by atoms with Gasteiger partial charge in [0.15, 0.2) is 5.96 Å². The fraction of sp³-hybridized carbons (Fsp3) is 0.471. The first-order valence-electron chi connectivity index (χ1n) is 8.46. The third-order valence-electron chi connectivity index (χ3n) is 3.85. The summed E-state index contributed by atoms with van der Waals surface area (Å²) in [4.78, 5) is 31.5. The zero-order chi connectivity index (χ0) is 18.9. The van der Waals surface area contributed by atoms with Crippen LogP contribution in [0.15, 0.2) is 29.3 Å². The number of aliphatic imine (C=N–C) groups is 1. The van der Waals surface area contributed by atoms with Crippen LogP contribution in [0.5, 0.6) is 0 Å². The van der Waals surface area contributed by atoms with Crippen molar-refractivity contribution in [2.24, 2.45) is 4.99 Å². The predicted octanol–water partition coefficient (Wildman–Crippen LogP) is 1.73. The Morgan fingerprint density at radius 2 is 1.74 bits per heavy atom. The maximum atomic E-state index is 12.9. The number of amides is 2. The number of rotatable bonds is 4. The molecule has 2 amide bonds. The van der Waals surface area contributed by atoms with Crippen molar-refractivity contribution in [1.29, 1.82) is 0 Å². The van der Waals surface area contributed by atoms with E-state index < -0.39 is 0 Å². The molecule has 0 unspecified atom stereocenters. The molecule has 0 bridgehead atoms. The van der Waals surface area contributed by atoms with Gasteiger partial charge < -0.3 is 25.2 Å². The van der Waals surface area contributed by atoms with E-state index in [0.717, 1.165) is 0 Å². The van der Waals surface area contributed by atoms with Gasteiger partial charge in [0, 0.05) is 38.9 Å². The Bertz CT molecular complexity index is 648. The van der Waals surface area contributed by atoms with Gasteiger partial charge in [0.2, 0.25) is 5.91 Å². The van der Waals surface area contributed by atoms with Crippen molar-refractivity contribution in [2.45, 2.75) is 6.92 Å². The van der Waals surface area contributed by atoms with Crippen LogP contribution in [0.4, 0.5) is 14.9 Å². The van der Waals surface area contributed by atoms with Crippen molar-refractivity contribution in [3.8, 4) is 0 Å². The van der Waals surface area contributed by atoms with Gasteiger partial charge in [-0.05, 0) is 31.2 Å². The molecule has 1 aromatic rings. The molecule has 0 radical (unpaired) electrons. The molecule has 0 atom stereocenters. The molecule has 10 heteroatoms. The Balaban J connectivity index is 0.00000364. The second kappa shape index (κ2) is 11.6. The lowest BCUT2D eigenvalue weighted by Crippen LogP contribution is -2.54. The smallest absolute Gasteiger partial charge is 0.409 e. The van der Waals surface area contributed by atoms with E-state index in [4.69, 9.17) is 4.74 Å². The Kier molecular flexibility index (Phi) is 9.83. The number of ether oxygens (including phenoxy) is 1. The lowest BCUT2D eigenvalue weighted by Gasteiger charge is -2.35. The third-order valence-corrected chi connectivity index (χ3v) is 3.85. The number of guanidine groups is 1. The largest absolute Gasteiger partial charge is 0.450 e. The van der Waals surface area contributed by atoms with Crippen LogP contribution in [0.2, 0.25) is 0 Å². The summed E-state index contributed by atoms with van der Waals surface area (Å²) in [5.41, 5.74) is 0.524. The summed E-state index contributed by atoms with van der Waals surface area (Å²) in [6, 6.07) is 5.56. The SMILES string of the molecule is CCOC(=O)N1CCN(C(=NC)NCC(=O)Nc2ccc(F)cc2)CC1.I. The fourth-order valence-corrected chi connectivity index (χ4v) is 2.55. The maximum Gasteiger partial charge on any atom is 0.409 e. The summed E-state index contributed by atoms with van der Waals surface area (Å²) in [5.74, 6) is -0.0332. The van der Waals surface area contributed by atoms with Crippen LogP contribution < -0.4 is 10.6 Å². The molecular formula is C17H25FIN5O3. The number of carbonyl (C=O) groups is 2. The summed E-state index contributed by atoms with van der Waals surface area (Å²) in [6.07, 6.45) is -0.311. The standard InChI is InChI=1S/C17H24FN5O3.HI/c1-3-26-17(25)23-10-8-22(9-11-23)16(19-2)20-12-15(24)21-14-6-4-13(18)5-7-14;/h4-7H,3,8-12H2,1-2H3,(H,19,20)(H,21,24);1H. The number of piperazine rings is 1. The Morgan fingerprint density at radius 1 is 1.15 bits per heavy atom. The van der Waals surface area contributed by atoms with Crippen LogP contribution >= 0.6 is 24.0 Å². The summed E-state index contributed by atoms with van der Waals surface area (Å²) >= 11 is 0. The van der Waals surface area contributed by atoms with E-state index in [1.54, 1.807) is 18.9 Å². The van der Waals surface area contributed by atoms with Crippen LogP contribution in [0.1, 0.15) is 6.92 Å². The van der Waals surface area contributed by atoms with Crippen molar-refractivity contribution < 1.29 is 18.7 Å². The predicted molar refractivity (Wildman–Crippen MR) is 112 cm³/mol. The average Bonchev–Trinajstić information content (AvgIpc) is 2.65. The molecule has 27 heavy (non-hydrogen) atoms. The van der Waals surface area contributed by atoms with Gasteiger partial charge in [-0.1, -0.05) is 0 Å². The normalized spacial score (nSPS) is 14.3. The molecule has 150 valence electrons. The Labute approximate surface area is 175 Å². The molecule has 1 heterocycles. The van der Waals surface area contributed by atoms with Crippen LogP contribution in [0, 0.1) is 5.82 Å². The van der Waals surface area contributed by atoms with E-state index in [9.17, 15) is 14.0 Å². The van der Waals surface area contributed by atoms with Gasteiger partial charge in [0.05, 0.1) is 13.2 Å². The van der Waals surface area contributed by atoms with Crippen LogP contribution in [0.25, 0.3) is 0 Å². The minimum atomic E-state index is -0.358. The minimum Gasteiger partial charge on any atom is -0.450 e. The molecule has 2 N–H and O–H groups in total. The van der Waals surface area contributed by atoms with Gasteiger partial charge in [0.1, 0.15) is 5.82 Å². The van der Waals surface area contributed by atoms with Crippen molar-refractivity contribution in [2.75, 3.05) is 51.7 Å². The number of benzene rings is 1. The van der Waals surface area contributed by atoms with Crippen molar-refractivity contribution >= 4 is 47.6 Å². The van der Waals surface area contributed by atoms with Crippen LogP contribution in [-0.4, -0.2) is 74.1 Å². The number of nitrogens with zero attached hydrogens (tertiary/aromatic N) is 3. The second-order valence-electron chi connectivity index (χ2n) is 5.63. The molecule has 8 nitrogen and oxygen atoms in total. The molecule has 1 aliphatic rings. The summed E-state index contributed by atoms with van der Waals surface area (Å²) in [5, 5.41) is 5.67. The van der Waals surface area contributed by atoms with E-state index in [1.165, 1.54) is 24.3 Å². The number of nitrogens with one attached hydrogen (secondary N) is 2. The monoisotopic (exact) mass is 493 g/mol. The van der Waals surface area contributed by atoms with Crippen molar-refractivity contribution in [3.63, 3.8) is 0 Å². The highest BCUT2D eigenvalue weighted by Gasteiger charge is 2.23. The molecule has 1 aliphatic heterocycles. The number of hydrogen-bond acceptors (Lipinski definition) is 4. The lowest BCUT2D eigenvalue weighted by molar-refractivity contribution is -0.115. The fourth-order valence-electron chi connectivity index (χ4n) is 2.55. The number of hydrogen-bond donors (Lipinski definition) is 2. The minimum absolute atomic E-state index is 0.